The Labute approximate surface area is 147 Å². The molecule has 0 saturated carbocycles. The molecule has 1 aliphatic heterocycles. The van der Waals surface area contributed by atoms with Crippen molar-refractivity contribution in [1.82, 2.24) is 15.1 Å². The van der Waals surface area contributed by atoms with Crippen molar-refractivity contribution in [2.75, 3.05) is 38.2 Å². The Balaban J connectivity index is 1.54. The van der Waals surface area contributed by atoms with Gasteiger partial charge in [-0.05, 0) is 42.8 Å². The zero-order chi connectivity index (χ0) is 17.6. The first kappa shape index (κ1) is 17.0. The summed E-state index contributed by atoms with van der Waals surface area (Å²) in [4.78, 5) is 16.4. The van der Waals surface area contributed by atoms with Crippen LogP contribution in [0.1, 0.15) is 11.3 Å². The molecule has 0 bridgehead atoms. The van der Waals surface area contributed by atoms with Crippen LogP contribution in [0, 0.1) is 6.92 Å². The number of carbonyl (C=O) groups is 1. The Bertz CT molecular complexity index is 733. The normalized spacial score (nSPS) is 14.8. The Morgan fingerprint density at radius 3 is 2.36 bits per heavy atom. The number of nitrogens with zero attached hydrogens (tertiary/aromatic N) is 4. The molecule has 1 amide bonds. The van der Waals surface area contributed by atoms with E-state index in [0.29, 0.717) is 13.1 Å². The van der Waals surface area contributed by atoms with E-state index in [0.717, 1.165) is 35.9 Å². The van der Waals surface area contributed by atoms with Crippen LogP contribution in [0.5, 0.6) is 5.75 Å². The fourth-order valence-corrected chi connectivity index (χ4v) is 2.70. The molecule has 2 aromatic rings. The molecule has 6 nitrogen and oxygen atoms in total. The average molecular weight is 338 g/mol. The lowest BCUT2D eigenvalue weighted by molar-refractivity contribution is -0.126. The van der Waals surface area contributed by atoms with E-state index in [1.165, 1.54) is 0 Å². The monoisotopic (exact) mass is 338 g/mol. The van der Waals surface area contributed by atoms with Crippen molar-refractivity contribution in [3.05, 3.63) is 53.7 Å². The van der Waals surface area contributed by atoms with Crippen LogP contribution in [0.15, 0.2) is 42.5 Å². The Hall–Kier alpha value is -2.89. The maximum absolute atomic E-state index is 12.4. The standard InChI is InChI=1S/C19H22N4O2/c1-15-3-9-18(21-20-15)22-11-13-23(14-12-22)19(24)10-6-16-4-7-17(25-2)8-5-16/h3-10H,11-14H2,1-2H3/b10-6+. The first-order valence-electron chi connectivity index (χ1n) is 8.32. The van der Waals surface area contributed by atoms with Crippen LogP contribution in [-0.4, -0.2) is 54.3 Å². The zero-order valence-corrected chi connectivity index (χ0v) is 14.6. The summed E-state index contributed by atoms with van der Waals surface area (Å²) < 4.78 is 5.13. The van der Waals surface area contributed by atoms with Gasteiger partial charge in [0, 0.05) is 32.3 Å². The molecular formula is C19H22N4O2. The van der Waals surface area contributed by atoms with Crippen molar-refractivity contribution >= 4 is 17.8 Å². The molecule has 1 saturated heterocycles. The third-order valence-electron chi connectivity index (χ3n) is 4.23. The van der Waals surface area contributed by atoms with E-state index in [2.05, 4.69) is 15.1 Å². The zero-order valence-electron chi connectivity index (χ0n) is 14.6. The number of benzene rings is 1. The van der Waals surface area contributed by atoms with Crippen LogP contribution in [0.2, 0.25) is 0 Å². The van der Waals surface area contributed by atoms with Gasteiger partial charge in [-0.2, -0.15) is 5.10 Å². The highest BCUT2D eigenvalue weighted by molar-refractivity contribution is 5.92. The van der Waals surface area contributed by atoms with E-state index in [-0.39, 0.29) is 5.91 Å². The summed E-state index contributed by atoms with van der Waals surface area (Å²) in [6, 6.07) is 11.5. The van der Waals surface area contributed by atoms with Crippen LogP contribution in [0.3, 0.4) is 0 Å². The molecule has 0 atom stereocenters. The number of aromatic nitrogens is 2. The topological polar surface area (TPSA) is 58.6 Å². The van der Waals surface area contributed by atoms with Crippen molar-refractivity contribution in [1.29, 1.82) is 0 Å². The summed E-state index contributed by atoms with van der Waals surface area (Å²) in [5, 5.41) is 8.30. The molecule has 0 spiro atoms. The SMILES string of the molecule is COc1ccc(/C=C/C(=O)N2CCN(c3ccc(C)nn3)CC2)cc1. The lowest BCUT2D eigenvalue weighted by atomic mass is 10.2. The van der Waals surface area contributed by atoms with E-state index >= 15 is 0 Å². The van der Waals surface area contributed by atoms with Gasteiger partial charge in [-0.1, -0.05) is 12.1 Å². The molecule has 0 unspecified atom stereocenters. The minimum Gasteiger partial charge on any atom is -0.497 e. The lowest BCUT2D eigenvalue weighted by Crippen LogP contribution is -2.48. The van der Waals surface area contributed by atoms with Gasteiger partial charge < -0.3 is 14.5 Å². The minimum atomic E-state index is 0.0328. The smallest absolute Gasteiger partial charge is 0.246 e. The van der Waals surface area contributed by atoms with Gasteiger partial charge in [-0.15, -0.1) is 5.10 Å². The highest BCUT2D eigenvalue weighted by atomic mass is 16.5. The van der Waals surface area contributed by atoms with E-state index < -0.39 is 0 Å². The van der Waals surface area contributed by atoms with Crippen molar-refractivity contribution < 1.29 is 9.53 Å². The van der Waals surface area contributed by atoms with Gasteiger partial charge >= 0.3 is 0 Å². The molecule has 1 aromatic carbocycles. The van der Waals surface area contributed by atoms with Gasteiger partial charge in [-0.25, -0.2) is 0 Å². The predicted octanol–water partition coefficient (Wildman–Crippen LogP) is 2.16. The van der Waals surface area contributed by atoms with Crippen LogP contribution in [0.25, 0.3) is 6.08 Å². The second-order valence-corrected chi connectivity index (χ2v) is 5.95. The van der Waals surface area contributed by atoms with Crippen molar-refractivity contribution in [2.24, 2.45) is 0 Å². The number of amides is 1. The number of ether oxygens (including phenoxy) is 1. The second kappa shape index (κ2) is 7.79. The Morgan fingerprint density at radius 1 is 1.04 bits per heavy atom. The predicted molar refractivity (Wildman–Crippen MR) is 97.6 cm³/mol. The van der Waals surface area contributed by atoms with E-state index in [9.17, 15) is 4.79 Å². The fraction of sp³-hybridized carbons (Fsp3) is 0.316. The van der Waals surface area contributed by atoms with Crippen LogP contribution in [-0.2, 0) is 4.79 Å². The molecule has 2 heterocycles. The Morgan fingerprint density at radius 2 is 1.76 bits per heavy atom. The number of anilines is 1. The van der Waals surface area contributed by atoms with Gasteiger partial charge in [0.2, 0.25) is 5.91 Å². The minimum absolute atomic E-state index is 0.0328. The summed E-state index contributed by atoms with van der Waals surface area (Å²) in [6.45, 7) is 4.81. The second-order valence-electron chi connectivity index (χ2n) is 5.95. The van der Waals surface area contributed by atoms with E-state index in [4.69, 9.17) is 4.74 Å². The number of aryl methyl sites for hydroxylation is 1. The van der Waals surface area contributed by atoms with Crippen molar-refractivity contribution in [3.8, 4) is 5.75 Å². The maximum Gasteiger partial charge on any atom is 0.246 e. The molecule has 0 aliphatic carbocycles. The number of hydrogen-bond donors (Lipinski definition) is 0. The van der Waals surface area contributed by atoms with Gasteiger partial charge in [-0.3, -0.25) is 4.79 Å². The molecular weight excluding hydrogens is 316 g/mol. The summed E-state index contributed by atoms with van der Waals surface area (Å²) in [6.07, 6.45) is 3.46. The summed E-state index contributed by atoms with van der Waals surface area (Å²) in [5.41, 5.74) is 1.88. The quantitative estimate of drug-likeness (QED) is 0.800. The maximum atomic E-state index is 12.4. The fourth-order valence-electron chi connectivity index (χ4n) is 2.70. The van der Waals surface area contributed by atoms with E-state index in [1.807, 2.05) is 54.3 Å². The van der Waals surface area contributed by atoms with Gasteiger partial charge in [0.25, 0.3) is 0 Å². The van der Waals surface area contributed by atoms with Crippen LogP contribution < -0.4 is 9.64 Å². The van der Waals surface area contributed by atoms with Gasteiger partial charge in [0.15, 0.2) is 5.82 Å². The van der Waals surface area contributed by atoms with Gasteiger partial charge in [0.1, 0.15) is 5.75 Å². The molecule has 1 fully saturated rings. The molecule has 0 N–H and O–H groups in total. The van der Waals surface area contributed by atoms with Gasteiger partial charge in [0.05, 0.1) is 12.8 Å². The number of piperazine rings is 1. The van der Waals surface area contributed by atoms with Crippen molar-refractivity contribution in [2.45, 2.75) is 6.92 Å². The third kappa shape index (κ3) is 4.35. The molecule has 130 valence electrons. The number of carbonyl (C=O) groups excluding carboxylic acids is 1. The van der Waals surface area contributed by atoms with Crippen LogP contribution in [0.4, 0.5) is 5.82 Å². The first-order valence-corrected chi connectivity index (χ1v) is 8.32. The number of rotatable bonds is 4. The highest BCUT2D eigenvalue weighted by Gasteiger charge is 2.20. The molecule has 25 heavy (non-hydrogen) atoms. The number of methoxy groups -OCH3 is 1. The summed E-state index contributed by atoms with van der Waals surface area (Å²) in [7, 11) is 1.64. The average Bonchev–Trinajstić information content (AvgIpc) is 2.67. The molecule has 6 heteroatoms. The van der Waals surface area contributed by atoms with Crippen molar-refractivity contribution in [3.63, 3.8) is 0 Å². The molecule has 1 aliphatic rings. The Kier molecular flexibility index (Phi) is 5.28. The van der Waals surface area contributed by atoms with E-state index in [1.54, 1.807) is 13.2 Å². The third-order valence-corrected chi connectivity index (χ3v) is 4.23. The molecule has 0 radical (unpaired) electrons. The summed E-state index contributed by atoms with van der Waals surface area (Å²) >= 11 is 0. The molecule has 1 aromatic heterocycles. The lowest BCUT2D eigenvalue weighted by Gasteiger charge is -2.34. The first-order chi connectivity index (χ1) is 12.2. The highest BCUT2D eigenvalue weighted by Crippen LogP contribution is 2.14. The van der Waals surface area contributed by atoms with Crippen LogP contribution >= 0.6 is 0 Å². The largest absolute Gasteiger partial charge is 0.497 e. The molecule has 3 rings (SSSR count). The number of hydrogen-bond acceptors (Lipinski definition) is 5. The summed E-state index contributed by atoms with van der Waals surface area (Å²) in [5.74, 6) is 1.70.